The van der Waals surface area contributed by atoms with Crippen LogP contribution in [0, 0.1) is 6.92 Å². The molecule has 0 saturated carbocycles. The molecule has 3 N–H and O–H groups in total. The molecular weight excluding hydrogens is 277 g/mol. The van der Waals surface area contributed by atoms with E-state index < -0.39 is 31.1 Å². The van der Waals surface area contributed by atoms with E-state index in [0.29, 0.717) is 5.56 Å². The molecule has 0 bridgehead atoms. The maximum absolute atomic E-state index is 11.9. The molecule has 0 atom stereocenters. The van der Waals surface area contributed by atoms with Crippen molar-refractivity contribution in [3.05, 3.63) is 29.3 Å². The summed E-state index contributed by atoms with van der Waals surface area (Å²) < 4.78 is 35.6. The Hall–Kier alpha value is -2.09. The molecule has 1 aromatic carbocycles. The van der Waals surface area contributed by atoms with Gasteiger partial charge in [-0.15, -0.1) is 0 Å². The predicted octanol–water partition coefficient (Wildman–Crippen LogP) is 1.78. The number of carboxylic acids is 1. The first-order valence-electron chi connectivity index (χ1n) is 5.60. The molecule has 0 aliphatic heterocycles. The molecule has 0 aliphatic rings. The molecule has 0 saturated heterocycles. The Morgan fingerprint density at radius 2 is 1.95 bits per heavy atom. The van der Waals surface area contributed by atoms with Crippen LogP contribution < -0.4 is 10.6 Å². The normalized spacial score (nSPS) is 11.2. The van der Waals surface area contributed by atoms with E-state index in [-0.39, 0.29) is 11.3 Å². The SMILES string of the molecule is Cc1ccc(C(=O)O)cc1NC(=O)CNCC(F)(F)F. The van der Waals surface area contributed by atoms with Crippen LogP contribution >= 0.6 is 0 Å². The fraction of sp³-hybridized carbons (Fsp3) is 0.333. The maximum Gasteiger partial charge on any atom is 0.401 e. The van der Waals surface area contributed by atoms with Gasteiger partial charge in [0.1, 0.15) is 0 Å². The Morgan fingerprint density at radius 3 is 2.50 bits per heavy atom. The van der Waals surface area contributed by atoms with Crippen LogP contribution in [-0.2, 0) is 4.79 Å². The van der Waals surface area contributed by atoms with Crippen LogP contribution in [0.5, 0.6) is 0 Å². The fourth-order valence-corrected chi connectivity index (χ4v) is 1.40. The van der Waals surface area contributed by atoms with Crippen molar-refractivity contribution in [2.24, 2.45) is 0 Å². The second-order valence-corrected chi connectivity index (χ2v) is 4.10. The van der Waals surface area contributed by atoms with Crippen LogP contribution in [0.25, 0.3) is 0 Å². The van der Waals surface area contributed by atoms with Gasteiger partial charge in [-0.2, -0.15) is 13.2 Å². The summed E-state index contributed by atoms with van der Waals surface area (Å²) in [6.07, 6.45) is -4.39. The predicted molar refractivity (Wildman–Crippen MR) is 65.7 cm³/mol. The second-order valence-electron chi connectivity index (χ2n) is 4.10. The molecule has 20 heavy (non-hydrogen) atoms. The smallest absolute Gasteiger partial charge is 0.401 e. The number of nitrogens with one attached hydrogen (secondary N) is 2. The van der Waals surface area contributed by atoms with Gasteiger partial charge in [-0.3, -0.25) is 4.79 Å². The van der Waals surface area contributed by atoms with Crippen molar-refractivity contribution in [1.29, 1.82) is 0 Å². The van der Waals surface area contributed by atoms with Crippen molar-refractivity contribution >= 4 is 17.6 Å². The van der Waals surface area contributed by atoms with E-state index in [1.54, 1.807) is 6.92 Å². The average Bonchev–Trinajstić information content (AvgIpc) is 2.30. The van der Waals surface area contributed by atoms with Gasteiger partial charge < -0.3 is 15.7 Å². The molecule has 0 unspecified atom stereocenters. The van der Waals surface area contributed by atoms with Gasteiger partial charge in [0.2, 0.25) is 5.91 Å². The summed E-state index contributed by atoms with van der Waals surface area (Å²) in [6, 6.07) is 4.12. The number of carboxylic acid groups (broad SMARTS) is 1. The van der Waals surface area contributed by atoms with E-state index in [1.807, 2.05) is 5.32 Å². The van der Waals surface area contributed by atoms with Crippen LogP contribution in [-0.4, -0.2) is 36.2 Å². The number of rotatable bonds is 5. The summed E-state index contributed by atoms with van der Waals surface area (Å²) >= 11 is 0. The second kappa shape index (κ2) is 6.38. The van der Waals surface area contributed by atoms with E-state index in [2.05, 4.69) is 5.32 Å². The number of aromatic carboxylic acids is 1. The maximum atomic E-state index is 11.9. The summed E-state index contributed by atoms with van der Waals surface area (Å²) in [5, 5.41) is 13.1. The van der Waals surface area contributed by atoms with Gasteiger partial charge in [-0.25, -0.2) is 4.79 Å². The Morgan fingerprint density at radius 1 is 1.30 bits per heavy atom. The first kappa shape index (κ1) is 16.0. The van der Waals surface area contributed by atoms with Crippen LogP contribution in [0.2, 0.25) is 0 Å². The Bertz CT molecular complexity index is 515. The van der Waals surface area contributed by atoms with Crippen molar-refractivity contribution in [2.45, 2.75) is 13.1 Å². The number of anilines is 1. The molecule has 5 nitrogen and oxygen atoms in total. The molecule has 1 amide bonds. The highest BCUT2D eigenvalue weighted by atomic mass is 19.4. The van der Waals surface area contributed by atoms with Gasteiger partial charge >= 0.3 is 12.1 Å². The summed E-state index contributed by atoms with van der Waals surface area (Å²) in [5.74, 6) is -1.84. The molecular formula is C12H13F3N2O3. The fourth-order valence-electron chi connectivity index (χ4n) is 1.40. The van der Waals surface area contributed by atoms with E-state index in [4.69, 9.17) is 5.11 Å². The third-order valence-corrected chi connectivity index (χ3v) is 2.37. The molecule has 8 heteroatoms. The Labute approximate surface area is 112 Å². The highest BCUT2D eigenvalue weighted by molar-refractivity contribution is 5.95. The summed E-state index contributed by atoms with van der Waals surface area (Å²) in [6.45, 7) is -0.144. The van der Waals surface area contributed by atoms with Crippen molar-refractivity contribution in [3.8, 4) is 0 Å². The average molecular weight is 290 g/mol. The lowest BCUT2D eigenvalue weighted by molar-refractivity contribution is -0.127. The third-order valence-electron chi connectivity index (χ3n) is 2.37. The monoisotopic (exact) mass is 290 g/mol. The standard InChI is InChI=1S/C12H13F3N2O3/c1-7-2-3-8(11(19)20)4-9(7)17-10(18)5-16-6-12(13,14)15/h2-4,16H,5-6H2,1H3,(H,17,18)(H,19,20). The number of aryl methyl sites for hydroxylation is 1. The first-order chi connectivity index (χ1) is 9.19. The van der Waals surface area contributed by atoms with E-state index in [9.17, 15) is 22.8 Å². The van der Waals surface area contributed by atoms with Crippen LogP contribution in [0.15, 0.2) is 18.2 Å². The topological polar surface area (TPSA) is 78.4 Å². The zero-order chi connectivity index (χ0) is 15.3. The number of halogens is 3. The lowest BCUT2D eigenvalue weighted by atomic mass is 10.1. The third kappa shape index (κ3) is 5.27. The van der Waals surface area contributed by atoms with Crippen LogP contribution in [0.4, 0.5) is 18.9 Å². The van der Waals surface area contributed by atoms with Gasteiger partial charge in [-0.1, -0.05) is 6.07 Å². The number of amides is 1. The largest absolute Gasteiger partial charge is 0.478 e. The first-order valence-corrected chi connectivity index (χ1v) is 5.60. The summed E-state index contributed by atoms with van der Waals surface area (Å²) in [4.78, 5) is 22.2. The van der Waals surface area contributed by atoms with E-state index >= 15 is 0 Å². The van der Waals surface area contributed by atoms with Gasteiger partial charge in [0.05, 0.1) is 18.7 Å². The van der Waals surface area contributed by atoms with Crippen molar-refractivity contribution in [1.82, 2.24) is 5.32 Å². The Kier molecular flexibility index (Phi) is 5.09. The summed E-state index contributed by atoms with van der Waals surface area (Å²) in [7, 11) is 0. The van der Waals surface area contributed by atoms with Crippen LogP contribution in [0.3, 0.4) is 0 Å². The molecule has 0 aliphatic carbocycles. The Balaban J connectivity index is 2.62. The molecule has 0 radical (unpaired) electrons. The lowest BCUT2D eigenvalue weighted by Crippen LogP contribution is -2.35. The highest BCUT2D eigenvalue weighted by Crippen LogP contribution is 2.17. The minimum absolute atomic E-state index is 0.0193. The van der Waals surface area contributed by atoms with Gasteiger partial charge in [0, 0.05) is 5.69 Å². The quantitative estimate of drug-likeness (QED) is 0.772. The number of carbonyl (C=O) groups is 2. The number of hydrogen-bond donors (Lipinski definition) is 3. The molecule has 1 rings (SSSR count). The van der Waals surface area contributed by atoms with Gasteiger partial charge in [0.25, 0.3) is 0 Å². The zero-order valence-electron chi connectivity index (χ0n) is 10.5. The van der Waals surface area contributed by atoms with E-state index in [1.165, 1.54) is 18.2 Å². The van der Waals surface area contributed by atoms with E-state index in [0.717, 1.165) is 0 Å². The van der Waals surface area contributed by atoms with Crippen molar-refractivity contribution < 1.29 is 27.9 Å². The minimum atomic E-state index is -4.39. The lowest BCUT2D eigenvalue weighted by Gasteiger charge is -2.11. The minimum Gasteiger partial charge on any atom is -0.478 e. The number of carbonyl (C=O) groups excluding carboxylic acids is 1. The van der Waals surface area contributed by atoms with Gasteiger partial charge in [0.15, 0.2) is 0 Å². The number of alkyl halides is 3. The number of hydrogen-bond acceptors (Lipinski definition) is 3. The van der Waals surface area contributed by atoms with Crippen LogP contribution in [0.1, 0.15) is 15.9 Å². The molecule has 0 spiro atoms. The molecule has 0 heterocycles. The summed E-state index contributed by atoms with van der Waals surface area (Å²) in [5.41, 5.74) is 0.844. The molecule has 110 valence electrons. The zero-order valence-corrected chi connectivity index (χ0v) is 10.5. The number of benzene rings is 1. The molecule has 0 fully saturated rings. The van der Waals surface area contributed by atoms with Crippen molar-refractivity contribution in [3.63, 3.8) is 0 Å². The highest BCUT2D eigenvalue weighted by Gasteiger charge is 2.26. The molecule has 0 aromatic heterocycles. The van der Waals surface area contributed by atoms with Crippen molar-refractivity contribution in [2.75, 3.05) is 18.4 Å². The van der Waals surface area contributed by atoms with Gasteiger partial charge in [-0.05, 0) is 24.6 Å². The molecule has 1 aromatic rings.